The molecule has 0 atom stereocenters. The highest BCUT2D eigenvalue weighted by molar-refractivity contribution is 7.08. The molecule has 1 aromatic carbocycles. The summed E-state index contributed by atoms with van der Waals surface area (Å²) >= 11 is 1.63. The van der Waals surface area contributed by atoms with Crippen molar-refractivity contribution in [3.8, 4) is 0 Å². The molecule has 1 saturated heterocycles. The van der Waals surface area contributed by atoms with Crippen molar-refractivity contribution in [2.45, 2.75) is 6.42 Å². The van der Waals surface area contributed by atoms with E-state index in [2.05, 4.69) is 20.9 Å². The Kier molecular flexibility index (Phi) is 4.13. The molecule has 0 radical (unpaired) electrons. The zero-order valence-electron chi connectivity index (χ0n) is 13.3. The summed E-state index contributed by atoms with van der Waals surface area (Å²) < 4.78 is 0. The third-order valence-corrected chi connectivity index (χ3v) is 5.12. The molecule has 0 saturated carbocycles. The summed E-state index contributed by atoms with van der Waals surface area (Å²) in [6, 6.07) is 10.1. The molecule has 6 heteroatoms. The Morgan fingerprint density at radius 3 is 2.71 bits per heavy atom. The first kappa shape index (κ1) is 15.1. The molecule has 3 heterocycles. The smallest absolute Gasteiger partial charge is 0.227 e. The maximum atomic E-state index is 12.4. The van der Waals surface area contributed by atoms with Gasteiger partial charge in [-0.3, -0.25) is 4.79 Å². The monoisotopic (exact) mass is 338 g/mol. The number of thiophene rings is 1. The molecule has 0 spiro atoms. The van der Waals surface area contributed by atoms with Crippen molar-refractivity contribution in [3.63, 3.8) is 0 Å². The topological polar surface area (TPSA) is 49.3 Å². The summed E-state index contributed by atoms with van der Waals surface area (Å²) in [5.41, 5.74) is 2.06. The first-order valence-electron chi connectivity index (χ1n) is 8.05. The predicted molar refractivity (Wildman–Crippen MR) is 96.4 cm³/mol. The van der Waals surface area contributed by atoms with E-state index in [0.29, 0.717) is 6.42 Å². The van der Waals surface area contributed by atoms with E-state index in [0.717, 1.165) is 48.5 Å². The van der Waals surface area contributed by atoms with E-state index in [1.807, 2.05) is 39.9 Å². The van der Waals surface area contributed by atoms with Crippen molar-refractivity contribution >= 4 is 34.0 Å². The number of anilines is 1. The summed E-state index contributed by atoms with van der Waals surface area (Å²) in [5.74, 6) is 1.17. The molecule has 2 aromatic heterocycles. The zero-order valence-corrected chi connectivity index (χ0v) is 14.1. The fourth-order valence-electron chi connectivity index (χ4n) is 3.09. The number of hydrogen-bond donors (Lipinski definition) is 0. The zero-order chi connectivity index (χ0) is 16.4. The molecule has 3 aromatic rings. The Bertz CT molecular complexity index is 836. The summed E-state index contributed by atoms with van der Waals surface area (Å²) in [6.45, 7) is 3.08. The SMILES string of the molecule is O=C(Cc1ccsc1)N1CCN(c2ncnc3ccccc23)CC1. The molecule has 0 N–H and O–H groups in total. The Morgan fingerprint density at radius 2 is 1.92 bits per heavy atom. The van der Waals surface area contributed by atoms with Crippen LogP contribution in [0.5, 0.6) is 0 Å². The van der Waals surface area contributed by atoms with Crippen LogP contribution in [-0.4, -0.2) is 47.0 Å². The van der Waals surface area contributed by atoms with Crippen LogP contribution in [-0.2, 0) is 11.2 Å². The molecule has 1 aliphatic rings. The minimum atomic E-state index is 0.209. The van der Waals surface area contributed by atoms with Crippen molar-refractivity contribution in [2.24, 2.45) is 0 Å². The number of para-hydroxylation sites is 1. The van der Waals surface area contributed by atoms with Crippen LogP contribution in [0.15, 0.2) is 47.4 Å². The normalized spacial score (nSPS) is 15.0. The number of amides is 1. The Balaban J connectivity index is 1.45. The molecule has 0 unspecified atom stereocenters. The van der Waals surface area contributed by atoms with E-state index in [1.54, 1.807) is 17.7 Å². The van der Waals surface area contributed by atoms with Crippen molar-refractivity contribution in [3.05, 3.63) is 53.0 Å². The van der Waals surface area contributed by atoms with E-state index in [-0.39, 0.29) is 5.91 Å². The molecule has 1 aliphatic heterocycles. The number of fused-ring (bicyclic) bond motifs is 1. The number of carbonyl (C=O) groups is 1. The van der Waals surface area contributed by atoms with Crippen LogP contribution in [0.25, 0.3) is 10.9 Å². The average molecular weight is 338 g/mol. The lowest BCUT2D eigenvalue weighted by Crippen LogP contribution is -2.49. The van der Waals surface area contributed by atoms with E-state index in [4.69, 9.17) is 0 Å². The molecule has 4 rings (SSSR count). The van der Waals surface area contributed by atoms with Crippen molar-refractivity contribution in [2.75, 3.05) is 31.1 Å². The number of aromatic nitrogens is 2. The lowest BCUT2D eigenvalue weighted by atomic mass is 10.2. The fourth-order valence-corrected chi connectivity index (χ4v) is 3.76. The molecule has 1 amide bonds. The third kappa shape index (κ3) is 2.97. The molecule has 0 aliphatic carbocycles. The molecular weight excluding hydrogens is 320 g/mol. The lowest BCUT2D eigenvalue weighted by molar-refractivity contribution is -0.130. The predicted octanol–water partition coefficient (Wildman–Crippen LogP) is 2.58. The van der Waals surface area contributed by atoms with Gasteiger partial charge in [0, 0.05) is 31.6 Å². The van der Waals surface area contributed by atoms with Crippen LogP contribution in [0.4, 0.5) is 5.82 Å². The van der Waals surface area contributed by atoms with Crippen LogP contribution in [0.3, 0.4) is 0 Å². The number of benzene rings is 1. The van der Waals surface area contributed by atoms with Gasteiger partial charge in [-0.05, 0) is 34.5 Å². The van der Waals surface area contributed by atoms with Crippen LogP contribution < -0.4 is 4.90 Å². The van der Waals surface area contributed by atoms with Gasteiger partial charge in [0.25, 0.3) is 0 Å². The first-order chi connectivity index (χ1) is 11.8. The minimum absolute atomic E-state index is 0.209. The van der Waals surface area contributed by atoms with Gasteiger partial charge in [-0.15, -0.1) is 0 Å². The van der Waals surface area contributed by atoms with E-state index in [9.17, 15) is 4.79 Å². The van der Waals surface area contributed by atoms with E-state index < -0.39 is 0 Å². The van der Waals surface area contributed by atoms with Gasteiger partial charge in [0.15, 0.2) is 0 Å². The summed E-state index contributed by atoms with van der Waals surface area (Å²) in [4.78, 5) is 25.4. The quantitative estimate of drug-likeness (QED) is 0.736. The number of rotatable bonds is 3. The van der Waals surface area contributed by atoms with Crippen molar-refractivity contribution in [1.82, 2.24) is 14.9 Å². The lowest BCUT2D eigenvalue weighted by Gasteiger charge is -2.35. The van der Waals surface area contributed by atoms with Crippen molar-refractivity contribution < 1.29 is 4.79 Å². The molecule has 1 fully saturated rings. The molecule has 24 heavy (non-hydrogen) atoms. The van der Waals surface area contributed by atoms with E-state index in [1.165, 1.54) is 0 Å². The second-order valence-corrected chi connectivity index (χ2v) is 6.67. The highest BCUT2D eigenvalue weighted by Crippen LogP contribution is 2.23. The van der Waals surface area contributed by atoms with Gasteiger partial charge in [-0.2, -0.15) is 11.3 Å². The van der Waals surface area contributed by atoms with Gasteiger partial charge in [0.1, 0.15) is 12.1 Å². The molecule has 0 bridgehead atoms. The molecule has 5 nitrogen and oxygen atoms in total. The number of nitrogens with zero attached hydrogens (tertiary/aromatic N) is 4. The molecule has 122 valence electrons. The minimum Gasteiger partial charge on any atom is -0.352 e. The van der Waals surface area contributed by atoms with Gasteiger partial charge in [-0.1, -0.05) is 12.1 Å². The van der Waals surface area contributed by atoms with Crippen molar-refractivity contribution in [1.29, 1.82) is 0 Å². The summed E-state index contributed by atoms with van der Waals surface area (Å²) in [6.07, 6.45) is 2.12. The van der Waals surface area contributed by atoms with Crippen LogP contribution >= 0.6 is 11.3 Å². The van der Waals surface area contributed by atoms with Crippen LogP contribution in [0, 0.1) is 0 Å². The number of carbonyl (C=O) groups excluding carboxylic acids is 1. The summed E-state index contributed by atoms with van der Waals surface area (Å²) in [5, 5.41) is 5.13. The highest BCUT2D eigenvalue weighted by atomic mass is 32.1. The summed E-state index contributed by atoms with van der Waals surface area (Å²) in [7, 11) is 0. The Labute approximate surface area is 144 Å². The second-order valence-electron chi connectivity index (χ2n) is 5.89. The maximum Gasteiger partial charge on any atom is 0.227 e. The van der Waals surface area contributed by atoms with Gasteiger partial charge in [-0.25, -0.2) is 9.97 Å². The van der Waals surface area contributed by atoms with Gasteiger partial charge >= 0.3 is 0 Å². The highest BCUT2D eigenvalue weighted by Gasteiger charge is 2.23. The fraction of sp³-hybridized carbons (Fsp3) is 0.278. The average Bonchev–Trinajstić information content (AvgIpc) is 3.14. The first-order valence-corrected chi connectivity index (χ1v) is 8.99. The second kappa shape index (κ2) is 6.57. The van der Waals surface area contributed by atoms with E-state index >= 15 is 0 Å². The standard InChI is InChI=1S/C18H18N4OS/c23-17(11-14-5-10-24-12-14)21-6-8-22(9-7-21)18-15-3-1-2-4-16(15)19-13-20-18/h1-5,10,12-13H,6-9,11H2. The molecular formula is C18H18N4OS. The van der Waals surface area contributed by atoms with Gasteiger partial charge < -0.3 is 9.80 Å². The van der Waals surface area contributed by atoms with Crippen LogP contribution in [0.1, 0.15) is 5.56 Å². The van der Waals surface area contributed by atoms with Gasteiger partial charge in [0.2, 0.25) is 5.91 Å². The maximum absolute atomic E-state index is 12.4. The van der Waals surface area contributed by atoms with Gasteiger partial charge in [0.05, 0.1) is 11.9 Å². The Morgan fingerprint density at radius 1 is 1.08 bits per heavy atom. The van der Waals surface area contributed by atoms with Crippen LogP contribution in [0.2, 0.25) is 0 Å². The number of piperazine rings is 1. The largest absolute Gasteiger partial charge is 0.352 e. The Hall–Kier alpha value is -2.47. The third-order valence-electron chi connectivity index (χ3n) is 4.39. The number of hydrogen-bond acceptors (Lipinski definition) is 5.